The molecule has 4 rings (SSSR count). The highest BCUT2D eigenvalue weighted by atomic mass is 16.2. The number of piperidine rings is 1. The summed E-state index contributed by atoms with van der Waals surface area (Å²) in [7, 11) is 1.91. The van der Waals surface area contributed by atoms with Crippen LogP contribution in [0, 0.1) is 13.8 Å². The fraction of sp³-hybridized carbons (Fsp3) is 0.348. The SMILES string of the molecule is Cc1nn(C)c(C)c1/C=C/C(=O)N1CCC[C@H](c2nccnc2Nc2ccccn2)C1. The van der Waals surface area contributed by atoms with Crippen molar-refractivity contribution in [2.75, 3.05) is 18.4 Å². The van der Waals surface area contributed by atoms with Gasteiger partial charge in [-0.05, 0) is 44.9 Å². The molecule has 8 nitrogen and oxygen atoms in total. The van der Waals surface area contributed by atoms with Gasteiger partial charge in [-0.3, -0.25) is 14.5 Å². The molecule has 0 spiro atoms. The Kier molecular flexibility index (Phi) is 6.06. The van der Waals surface area contributed by atoms with Gasteiger partial charge in [0.2, 0.25) is 5.91 Å². The Labute approximate surface area is 182 Å². The van der Waals surface area contributed by atoms with Crippen molar-refractivity contribution >= 4 is 23.6 Å². The highest BCUT2D eigenvalue weighted by molar-refractivity contribution is 5.92. The molecule has 0 aromatic carbocycles. The number of nitrogens with one attached hydrogen (secondary N) is 1. The summed E-state index contributed by atoms with van der Waals surface area (Å²) in [6.07, 6.45) is 10.5. The van der Waals surface area contributed by atoms with E-state index in [2.05, 4.69) is 25.4 Å². The zero-order valence-electron chi connectivity index (χ0n) is 18.1. The topological polar surface area (TPSA) is 88.8 Å². The summed E-state index contributed by atoms with van der Waals surface area (Å²) >= 11 is 0. The second kappa shape index (κ2) is 9.07. The molecule has 1 aliphatic rings. The molecule has 0 saturated carbocycles. The standard InChI is InChI=1S/C23H27N7O/c1-16-19(17(2)29(3)28-16)9-10-21(31)30-14-6-7-18(15-30)22-23(26-13-12-25-22)27-20-8-4-5-11-24-20/h4-5,8-13,18H,6-7,14-15H2,1-3H3,(H,24,26,27)/b10-9+/t18-/m0/s1. The van der Waals surface area contributed by atoms with Gasteiger partial charge in [0.15, 0.2) is 5.82 Å². The monoisotopic (exact) mass is 417 g/mol. The number of hydrogen-bond acceptors (Lipinski definition) is 6. The van der Waals surface area contributed by atoms with Crippen LogP contribution in [0.4, 0.5) is 11.6 Å². The zero-order valence-corrected chi connectivity index (χ0v) is 18.1. The number of aryl methyl sites for hydroxylation is 2. The lowest BCUT2D eigenvalue weighted by atomic mass is 9.94. The lowest BCUT2D eigenvalue weighted by Crippen LogP contribution is -2.38. The van der Waals surface area contributed by atoms with Crippen molar-refractivity contribution < 1.29 is 4.79 Å². The molecule has 0 bridgehead atoms. The Hall–Kier alpha value is -3.55. The van der Waals surface area contributed by atoms with E-state index in [0.717, 1.165) is 47.8 Å². The van der Waals surface area contributed by atoms with E-state index in [-0.39, 0.29) is 11.8 Å². The van der Waals surface area contributed by atoms with E-state index in [1.165, 1.54) is 0 Å². The van der Waals surface area contributed by atoms with Gasteiger partial charge in [0.05, 0.1) is 11.4 Å². The van der Waals surface area contributed by atoms with Crippen LogP contribution < -0.4 is 5.32 Å². The molecule has 1 amide bonds. The summed E-state index contributed by atoms with van der Waals surface area (Å²) in [4.78, 5) is 28.2. The first-order chi connectivity index (χ1) is 15.0. The van der Waals surface area contributed by atoms with E-state index in [1.807, 2.05) is 54.8 Å². The Morgan fingerprint density at radius 1 is 1.16 bits per heavy atom. The molecule has 1 N–H and O–H groups in total. The van der Waals surface area contributed by atoms with E-state index >= 15 is 0 Å². The predicted octanol–water partition coefficient (Wildman–Crippen LogP) is 3.38. The summed E-state index contributed by atoms with van der Waals surface area (Å²) in [5.41, 5.74) is 3.84. The van der Waals surface area contributed by atoms with E-state index in [4.69, 9.17) is 0 Å². The van der Waals surface area contributed by atoms with Crippen molar-refractivity contribution in [3.8, 4) is 0 Å². The van der Waals surface area contributed by atoms with Gasteiger partial charge in [-0.25, -0.2) is 9.97 Å². The molecule has 0 unspecified atom stereocenters. The fourth-order valence-corrected chi connectivity index (χ4v) is 3.99. The molecule has 1 saturated heterocycles. The molecule has 4 heterocycles. The van der Waals surface area contributed by atoms with Gasteiger partial charge in [-0.15, -0.1) is 0 Å². The maximum absolute atomic E-state index is 12.9. The van der Waals surface area contributed by atoms with Crippen LogP contribution in [0.25, 0.3) is 6.08 Å². The third-order valence-electron chi connectivity index (χ3n) is 5.72. The van der Waals surface area contributed by atoms with Crippen LogP contribution >= 0.6 is 0 Å². The number of aromatic nitrogens is 5. The van der Waals surface area contributed by atoms with Gasteiger partial charge in [0.25, 0.3) is 0 Å². The first-order valence-corrected chi connectivity index (χ1v) is 10.5. The molecule has 8 heteroatoms. The Bertz CT molecular complexity index is 1090. The molecule has 3 aromatic rings. The lowest BCUT2D eigenvalue weighted by molar-refractivity contribution is -0.127. The van der Waals surface area contributed by atoms with E-state index in [1.54, 1.807) is 24.7 Å². The summed E-state index contributed by atoms with van der Waals surface area (Å²) < 4.78 is 1.83. The minimum atomic E-state index is 0.00970. The predicted molar refractivity (Wildman–Crippen MR) is 120 cm³/mol. The number of rotatable bonds is 5. The lowest BCUT2D eigenvalue weighted by Gasteiger charge is -2.32. The van der Waals surface area contributed by atoms with Crippen LogP contribution in [0.1, 0.15) is 41.4 Å². The molecule has 0 radical (unpaired) electrons. The molecule has 3 aromatic heterocycles. The maximum Gasteiger partial charge on any atom is 0.246 e. The van der Waals surface area contributed by atoms with Crippen LogP contribution in [0.2, 0.25) is 0 Å². The minimum absolute atomic E-state index is 0.00970. The number of anilines is 2. The Morgan fingerprint density at radius 2 is 2.00 bits per heavy atom. The van der Waals surface area contributed by atoms with Gasteiger partial charge in [-0.2, -0.15) is 5.10 Å². The molecule has 1 atom stereocenters. The Balaban J connectivity index is 1.49. The highest BCUT2D eigenvalue weighted by Gasteiger charge is 2.27. The fourth-order valence-electron chi connectivity index (χ4n) is 3.99. The second-order valence-corrected chi connectivity index (χ2v) is 7.80. The van der Waals surface area contributed by atoms with Crippen molar-refractivity contribution in [2.24, 2.45) is 7.05 Å². The van der Waals surface area contributed by atoms with Gasteiger partial charge < -0.3 is 10.2 Å². The number of carbonyl (C=O) groups excluding carboxylic acids is 1. The molecule has 1 aliphatic heterocycles. The highest BCUT2D eigenvalue weighted by Crippen LogP contribution is 2.30. The van der Waals surface area contributed by atoms with E-state index < -0.39 is 0 Å². The number of likely N-dealkylation sites (tertiary alicyclic amines) is 1. The average Bonchev–Trinajstić information content (AvgIpc) is 3.04. The minimum Gasteiger partial charge on any atom is -0.338 e. The maximum atomic E-state index is 12.9. The van der Waals surface area contributed by atoms with Gasteiger partial charge >= 0.3 is 0 Å². The van der Waals surface area contributed by atoms with Crippen LogP contribution in [0.3, 0.4) is 0 Å². The van der Waals surface area contributed by atoms with Crippen LogP contribution in [-0.4, -0.2) is 48.6 Å². The van der Waals surface area contributed by atoms with E-state index in [9.17, 15) is 4.79 Å². The first-order valence-electron chi connectivity index (χ1n) is 10.5. The number of nitrogens with zero attached hydrogens (tertiary/aromatic N) is 6. The quantitative estimate of drug-likeness (QED) is 0.640. The molecule has 31 heavy (non-hydrogen) atoms. The molecular weight excluding hydrogens is 390 g/mol. The first kappa shape index (κ1) is 20.7. The van der Waals surface area contributed by atoms with Gasteiger partial charge in [0, 0.05) is 62.0 Å². The Morgan fingerprint density at radius 3 is 2.74 bits per heavy atom. The van der Waals surface area contributed by atoms with Crippen LogP contribution in [-0.2, 0) is 11.8 Å². The third-order valence-corrected chi connectivity index (χ3v) is 5.72. The molecule has 0 aliphatic carbocycles. The average molecular weight is 418 g/mol. The number of pyridine rings is 1. The van der Waals surface area contributed by atoms with Crippen LogP contribution in [0.5, 0.6) is 0 Å². The largest absolute Gasteiger partial charge is 0.338 e. The molecular formula is C23H27N7O. The van der Waals surface area contributed by atoms with Crippen LogP contribution in [0.15, 0.2) is 42.9 Å². The zero-order chi connectivity index (χ0) is 21.8. The van der Waals surface area contributed by atoms with Gasteiger partial charge in [0.1, 0.15) is 5.82 Å². The third kappa shape index (κ3) is 4.63. The summed E-state index contributed by atoms with van der Waals surface area (Å²) in [5.74, 6) is 1.54. The molecule has 160 valence electrons. The van der Waals surface area contributed by atoms with Crippen molar-refractivity contribution in [3.05, 3.63) is 65.5 Å². The number of hydrogen-bond donors (Lipinski definition) is 1. The van der Waals surface area contributed by atoms with E-state index in [0.29, 0.717) is 12.4 Å². The summed E-state index contributed by atoms with van der Waals surface area (Å²) in [6, 6.07) is 5.68. The molecule has 1 fully saturated rings. The van der Waals surface area contributed by atoms with Crippen molar-refractivity contribution in [1.29, 1.82) is 0 Å². The van der Waals surface area contributed by atoms with Crippen molar-refractivity contribution in [2.45, 2.75) is 32.6 Å². The second-order valence-electron chi connectivity index (χ2n) is 7.80. The van der Waals surface area contributed by atoms with Crippen molar-refractivity contribution in [1.82, 2.24) is 29.6 Å². The normalized spacial score (nSPS) is 16.6. The summed E-state index contributed by atoms with van der Waals surface area (Å²) in [6.45, 7) is 5.32. The summed E-state index contributed by atoms with van der Waals surface area (Å²) in [5, 5.41) is 7.67. The van der Waals surface area contributed by atoms with Crippen molar-refractivity contribution in [3.63, 3.8) is 0 Å². The smallest absolute Gasteiger partial charge is 0.246 e. The number of amides is 1. The number of carbonyl (C=O) groups is 1. The van der Waals surface area contributed by atoms with Gasteiger partial charge in [-0.1, -0.05) is 6.07 Å².